The van der Waals surface area contributed by atoms with E-state index in [4.69, 9.17) is 17.3 Å². The Labute approximate surface area is 190 Å². The highest BCUT2D eigenvalue weighted by Crippen LogP contribution is 2.41. The number of hydrogen-bond acceptors (Lipinski definition) is 3. The summed E-state index contributed by atoms with van der Waals surface area (Å²) in [6.07, 6.45) is 0.938. The van der Waals surface area contributed by atoms with E-state index in [-0.39, 0.29) is 22.9 Å². The fourth-order valence-electron chi connectivity index (χ4n) is 4.34. The lowest BCUT2D eigenvalue weighted by molar-refractivity contribution is 0.0653. The number of para-hydroxylation sites is 1. The van der Waals surface area contributed by atoms with Crippen molar-refractivity contribution in [1.82, 2.24) is 4.90 Å². The van der Waals surface area contributed by atoms with Crippen molar-refractivity contribution in [2.75, 3.05) is 0 Å². The van der Waals surface area contributed by atoms with Crippen LogP contribution in [-0.4, -0.2) is 21.8 Å². The van der Waals surface area contributed by atoms with Crippen molar-refractivity contribution in [2.45, 2.75) is 32.4 Å². The standard InChI is InChI=1S/C25H22ClFN2O3/c1-14-5-4-8-19(23(14)30)25(32)29(13-15-6-2-3-7-17(15)24(28)31)22-10-9-18-20(22)11-16(26)12-21(18)27/h2-8,11-12,22,30H,9-10,13H2,1H3,(H2,28,31)/t22-/m1/s1. The summed E-state index contributed by atoms with van der Waals surface area (Å²) in [5.74, 6) is -1.55. The van der Waals surface area contributed by atoms with E-state index in [0.29, 0.717) is 40.7 Å². The first-order valence-corrected chi connectivity index (χ1v) is 10.6. The number of phenols is 1. The zero-order chi connectivity index (χ0) is 23.0. The quantitative estimate of drug-likeness (QED) is 0.576. The van der Waals surface area contributed by atoms with Gasteiger partial charge in [0.2, 0.25) is 5.91 Å². The summed E-state index contributed by atoms with van der Waals surface area (Å²) in [5, 5.41) is 10.8. The largest absolute Gasteiger partial charge is 0.507 e. The summed E-state index contributed by atoms with van der Waals surface area (Å²) in [6.45, 7) is 1.77. The van der Waals surface area contributed by atoms with Crippen LogP contribution in [0.15, 0.2) is 54.6 Å². The minimum absolute atomic E-state index is 0.0591. The Bertz CT molecular complexity index is 1230. The number of halogens is 2. The number of nitrogens with zero attached hydrogens (tertiary/aromatic N) is 1. The molecule has 2 amide bonds. The van der Waals surface area contributed by atoms with Crippen molar-refractivity contribution in [3.05, 3.63) is 98.8 Å². The van der Waals surface area contributed by atoms with Gasteiger partial charge in [-0.15, -0.1) is 0 Å². The van der Waals surface area contributed by atoms with Gasteiger partial charge in [0, 0.05) is 17.1 Å². The number of rotatable bonds is 5. The molecule has 0 saturated carbocycles. The van der Waals surface area contributed by atoms with Crippen LogP contribution in [0.2, 0.25) is 5.02 Å². The van der Waals surface area contributed by atoms with Crippen LogP contribution in [0.1, 0.15) is 55.4 Å². The normalized spacial score (nSPS) is 14.8. The number of aryl methyl sites for hydroxylation is 1. The average Bonchev–Trinajstić information content (AvgIpc) is 3.17. The zero-order valence-electron chi connectivity index (χ0n) is 17.4. The van der Waals surface area contributed by atoms with E-state index < -0.39 is 23.7 Å². The molecule has 1 aliphatic carbocycles. The fraction of sp³-hybridized carbons (Fsp3) is 0.200. The molecule has 0 aromatic heterocycles. The molecule has 3 aromatic carbocycles. The first kappa shape index (κ1) is 21.8. The van der Waals surface area contributed by atoms with Gasteiger partial charge in [0.05, 0.1) is 11.6 Å². The van der Waals surface area contributed by atoms with Crippen LogP contribution in [0.4, 0.5) is 4.39 Å². The number of fused-ring (bicyclic) bond motifs is 1. The molecule has 0 saturated heterocycles. The number of hydrogen-bond donors (Lipinski definition) is 2. The van der Waals surface area contributed by atoms with Crippen LogP contribution in [-0.2, 0) is 13.0 Å². The third-order valence-electron chi connectivity index (χ3n) is 5.95. The molecule has 0 aliphatic heterocycles. The molecule has 1 atom stereocenters. The van der Waals surface area contributed by atoms with Crippen LogP contribution in [0.3, 0.4) is 0 Å². The van der Waals surface area contributed by atoms with E-state index in [9.17, 15) is 19.1 Å². The average molecular weight is 453 g/mol. The highest BCUT2D eigenvalue weighted by molar-refractivity contribution is 6.30. The van der Waals surface area contributed by atoms with Gasteiger partial charge in [0.15, 0.2) is 0 Å². The molecule has 3 N–H and O–H groups in total. The van der Waals surface area contributed by atoms with Crippen LogP contribution in [0.25, 0.3) is 0 Å². The van der Waals surface area contributed by atoms with Gasteiger partial charge in [-0.2, -0.15) is 0 Å². The molecule has 5 nitrogen and oxygen atoms in total. The molecule has 0 spiro atoms. The maximum absolute atomic E-state index is 14.5. The molecule has 0 heterocycles. The molecule has 1 aliphatic rings. The van der Waals surface area contributed by atoms with E-state index in [0.717, 1.165) is 0 Å². The second-order valence-corrected chi connectivity index (χ2v) is 8.37. The zero-order valence-corrected chi connectivity index (χ0v) is 18.2. The maximum atomic E-state index is 14.5. The summed E-state index contributed by atoms with van der Waals surface area (Å²) in [5.41, 5.74) is 8.26. The number of benzene rings is 3. The van der Waals surface area contributed by atoms with Crippen molar-refractivity contribution in [2.24, 2.45) is 5.73 Å². The van der Waals surface area contributed by atoms with E-state index in [1.165, 1.54) is 6.07 Å². The smallest absolute Gasteiger partial charge is 0.258 e. The Morgan fingerprint density at radius 3 is 2.62 bits per heavy atom. The number of carbonyl (C=O) groups is 2. The lowest BCUT2D eigenvalue weighted by atomic mass is 10.0. The molecule has 0 bridgehead atoms. The first-order valence-electron chi connectivity index (χ1n) is 10.2. The van der Waals surface area contributed by atoms with E-state index in [1.54, 1.807) is 60.4 Å². The molecule has 7 heteroatoms. The molecule has 0 radical (unpaired) electrons. The van der Waals surface area contributed by atoms with E-state index >= 15 is 0 Å². The van der Waals surface area contributed by atoms with E-state index in [2.05, 4.69) is 0 Å². The number of carbonyl (C=O) groups excluding carboxylic acids is 2. The molecule has 4 rings (SSSR count). The molecule has 164 valence electrons. The lowest BCUT2D eigenvalue weighted by Gasteiger charge is -2.31. The van der Waals surface area contributed by atoms with Gasteiger partial charge in [0.25, 0.3) is 5.91 Å². The second kappa shape index (κ2) is 8.63. The Morgan fingerprint density at radius 2 is 1.88 bits per heavy atom. The van der Waals surface area contributed by atoms with Crippen LogP contribution < -0.4 is 5.73 Å². The molecule has 0 fully saturated rings. The summed E-state index contributed by atoms with van der Waals surface area (Å²) in [4.78, 5) is 27.2. The summed E-state index contributed by atoms with van der Waals surface area (Å²) in [6, 6.07) is 14.2. The van der Waals surface area contributed by atoms with Crippen LogP contribution in [0.5, 0.6) is 5.75 Å². The van der Waals surface area contributed by atoms with Gasteiger partial charge >= 0.3 is 0 Å². The lowest BCUT2D eigenvalue weighted by Crippen LogP contribution is -2.34. The molecule has 3 aromatic rings. The third kappa shape index (κ3) is 3.94. The van der Waals surface area contributed by atoms with Gasteiger partial charge in [-0.05, 0) is 66.3 Å². The van der Waals surface area contributed by atoms with Gasteiger partial charge < -0.3 is 15.7 Å². The van der Waals surface area contributed by atoms with Gasteiger partial charge in [0.1, 0.15) is 11.6 Å². The van der Waals surface area contributed by atoms with Gasteiger partial charge in [-0.3, -0.25) is 9.59 Å². The minimum atomic E-state index is -0.604. The molecular formula is C25H22ClFN2O3. The first-order chi connectivity index (χ1) is 15.3. The predicted molar refractivity (Wildman–Crippen MR) is 120 cm³/mol. The Hall–Kier alpha value is -3.38. The van der Waals surface area contributed by atoms with Crippen LogP contribution >= 0.6 is 11.6 Å². The van der Waals surface area contributed by atoms with Crippen molar-refractivity contribution >= 4 is 23.4 Å². The van der Waals surface area contributed by atoms with Crippen LogP contribution in [0, 0.1) is 12.7 Å². The van der Waals surface area contributed by atoms with Gasteiger partial charge in [-0.25, -0.2) is 4.39 Å². The monoisotopic (exact) mass is 452 g/mol. The summed E-state index contributed by atoms with van der Waals surface area (Å²) < 4.78 is 14.5. The predicted octanol–water partition coefficient (Wildman–Crippen LogP) is 4.92. The minimum Gasteiger partial charge on any atom is -0.507 e. The molecule has 0 unspecified atom stereocenters. The number of phenolic OH excluding ortho intramolecular Hbond substituents is 1. The molecular weight excluding hydrogens is 431 g/mol. The third-order valence-corrected chi connectivity index (χ3v) is 6.17. The Balaban J connectivity index is 1.83. The van der Waals surface area contributed by atoms with Crippen molar-refractivity contribution < 1.29 is 19.1 Å². The number of amides is 2. The number of primary amides is 1. The highest BCUT2D eigenvalue weighted by atomic mass is 35.5. The number of aromatic hydroxyl groups is 1. The highest BCUT2D eigenvalue weighted by Gasteiger charge is 2.35. The van der Waals surface area contributed by atoms with E-state index in [1.807, 2.05) is 0 Å². The number of nitrogens with two attached hydrogens (primary N) is 1. The maximum Gasteiger partial charge on any atom is 0.258 e. The fourth-order valence-corrected chi connectivity index (χ4v) is 4.55. The Morgan fingerprint density at radius 1 is 1.16 bits per heavy atom. The van der Waals surface area contributed by atoms with Crippen molar-refractivity contribution in [1.29, 1.82) is 0 Å². The summed E-state index contributed by atoms with van der Waals surface area (Å²) in [7, 11) is 0. The molecule has 32 heavy (non-hydrogen) atoms. The van der Waals surface area contributed by atoms with Gasteiger partial charge in [-0.1, -0.05) is 41.9 Å². The SMILES string of the molecule is Cc1cccc(C(=O)N(Cc2ccccc2C(N)=O)[C@@H]2CCc3c(F)cc(Cl)cc32)c1O. The summed E-state index contributed by atoms with van der Waals surface area (Å²) >= 11 is 6.12. The van der Waals surface area contributed by atoms with Crippen molar-refractivity contribution in [3.8, 4) is 5.75 Å². The second-order valence-electron chi connectivity index (χ2n) is 7.94. The topological polar surface area (TPSA) is 83.6 Å². The Kier molecular flexibility index (Phi) is 5.89. The van der Waals surface area contributed by atoms with Crippen molar-refractivity contribution in [3.63, 3.8) is 0 Å².